The lowest BCUT2D eigenvalue weighted by Gasteiger charge is -2.16. The number of carbonyl (C=O) groups excluding carboxylic acids is 1. The molecule has 2 rings (SSSR count). The van der Waals surface area contributed by atoms with Crippen LogP contribution in [-0.2, 0) is 19.4 Å². The molecule has 0 aromatic carbocycles. The van der Waals surface area contributed by atoms with E-state index in [2.05, 4.69) is 15.4 Å². The molecule has 0 N–H and O–H groups in total. The van der Waals surface area contributed by atoms with E-state index in [1.54, 1.807) is 0 Å². The third kappa shape index (κ3) is 3.33. The predicted molar refractivity (Wildman–Crippen MR) is 68.6 cm³/mol. The molecule has 0 bridgehead atoms. The zero-order valence-corrected chi connectivity index (χ0v) is 12.3. The van der Waals surface area contributed by atoms with Gasteiger partial charge in [0, 0.05) is 6.26 Å². The lowest BCUT2D eigenvalue weighted by Crippen LogP contribution is -2.25. The molecule has 0 radical (unpaired) electrons. The minimum absolute atomic E-state index is 0.377. The van der Waals surface area contributed by atoms with Crippen LogP contribution in [0.5, 0.6) is 0 Å². The topological polar surface area (TPSA) is 104 Å². The summed E-state index contributed by atoms with van der Waals surface area (Å²) in [5, 5.41) is 10.6. The van der Waals surface area contributed by atoms with Gasteiger partial charge in [-0.1, -0.05) is 30.8 Å². The molecule has 1 saturated carbocycles. The average Bonchev–Trinajstić information content (AvgIpc) is 3.05. The van der Waals surface area contributed by atoms with E-state index in [0.29, 0.717) is 12.3 Å². The van der Waals surface area contributed by atoms with Gasteiger partial charge in [0.2, 0.25) is 9.84 Å². The van der Waals surface area contributed by atoms with E-state index in [1.165, 1.54) is 7.11 Å². The predicted octanol–water partition coefficient (Wildman–Crippen LogP) is 0.371. The lowest BCUT2D eigenvalue weighted by atomic mass is 9.99. The second kappa shape index (κ2) is 5.86. The molecule has 0 saturated heterocycles. The number of ether oxygens (including phenoxy) is 1. The van der Waals surface area contributed by atoms with Crippen LogP contribution in [0.25, 0.3) is 0 Å². The highest BCUT2D eigenvalue weighted by Crippen LogP contribution is 2.32. The second-order valence-corrected chi connectivity index (χ2v) is 7.00. The molecule has 1 aliphatic rings. The van der Waals surface area contributed by atoms with E-state index in [-0.39, 0.29) is 5.16 Å². The number of tetrazole rings is 1. The molecular weight excluding hydrogens is 284 g/mol. The second-order valence-electron chi connectivity index (χ2n) is 5.09. The summed E-state index contributed by atoms with van der Waals surface area (Å²) in [6, 6.07) is -0.717. The minimum Gasteiger partial charge on any atom is -0.467 e. The van der Waals surface area contributed by atoms with Crippen molar-refractivity contribution in [3.05, 3.63) is 0 Å². The summed E-state index contributed by atoms with van der Waals surface area (Å²) in [5.41, 5.74) is 0. The summed E-state index contributed by atoms with van der Waals surface area (Å²) in [6.45, 7) is 0. The molecule has 9 heteroatoms. The van der Waals surface area contributed by atoms with Gasteiger partial charge in [0.1, 0.15) is 0 Å². The molecule has 8 nitrogen and oxygen atoms in total. The Balaban J connectivity index is 2.21. The first-order chi connectivity index (χ1) is 9.41. The number of methoxy groups -OCH3 is 1. The standard InChI is InChI=1S/C11H18N4O4S/c1-19-10(16)9(7-8-5-3-4-6-8)15-13-11(12-14-15)20(2,17)18/h8-9H,3-7H2,1-2H3. The van der Waals surface area contributed by atoms with Crippen LogP contribution in [0.2, 0.25) is 0 Å². The molecule has 1 aromatic rings. The number of nitrogens with zero attached hydrogens (tertiary/aromatic N) is 4. The summed E-state index contributed by atoms with van der Waals surface area (Å²) < 4.78 is 27.5. The van der Waals surface area contributed by atoms with Gasteiger partial charge in [0.05, 0.1) is 7.11 Å². The highest BCUT2D eigenvalue weighted by Gasteiger charge is 2.30. The van der Waals surface area contributed by atoms with Crippen LogP contribution < -0.4 is 0 Å². The summed E-state index contributed by atoms with van der Waals surface area (Å²) in [5.74, 6) is -0.0684. The number of hydrogen-bond donors (Lipinski definition) is 0. The van der Waals surface area contributed by atoms with Crippen molar-refractivity contribution in [1.82, 2.24) is 20.2 Å². The molecule has 20 heavy (non-hydrogen) atoms. The third-order valence-electron chi connectivity index (χ3n) is 3.52. The maximum absolute atomic E-state index is 11.9. The molecule has 1 aliphatic carbocycles. The zero-order chi connectivity index (χ0) is 14.8. The third-order valence-corrected chi connectivity index (χ3v) is 4.35. The Labute approximate surface area is 117 Å². The van der Waals surface area contributed by atoms with Crippen LogP contribution >= 0.6 is 0 Å². The van der Waals surface area contributed by atoms with Crippen molar-refractivity contribution in [2.45, 2.75) is 43.3 Å². The van der Waals surface area contributed by atoms with E-state index in [4.69, 9.17) is 4.74 Å². The Morgan fingerprint density at radius 1 is 1.45 bits per heavy atom. The molecule has 0 amide bonds. The SMILES string of the molecule is COC(=O)C(CC1CCCC1)n1nnc(S(C)(=O)=O)n1. The largest absolute Gasteiger partial charge is 0.467 e. The minimum atomic E-state index is -3.53. The first kappa shape index (κ1) is 14.9. The number of rotatable bonds is 5. The van der Waals surface area contributed by atoms with Gasteiger partial charge in [0.15, 0.2) is 6.04 Å². The zero-order valence-electron chi connectivity index (χ0n) is 11.5. The van der Waals surface area contributed by atoms with Crippen molar-refractivity contribution in [1.29, 1.82) is 0 Å². The quantitative estimate of drug-likeness (QED) is 0.724. The van der Waals surface area contributed by atoms with Crippen molar-refractivity contribution in [2.24, 2.45) is 5.92 Å². The molecule has 1 heterocycles. The summed E-state index contributed by atoms with van der Waals surface area (Å²) in [4.78, 5) is 12.9. The van der Waals surface area contributed by atoms with Gasteiger partial charge in [-0.15, -0.1) is 9.90 Å². The molecule has 1 unspecified atom stereocenters. The Morgan fingerprint density at radius 3 is 2.60 bits per heavy atom. The average molecular weight is 302 g/mol. The number of sulfone groups is 1. The Bertz CT molecular complexity index is 577. The molecule has 1 aromatic heterocycles. The summed E-state index contributed by atoms with van der Waals surface area (Å²) in [7, 11) is -2.24. The number of carbonyl (C=O) groups is 1. The van der Waals surface area contributed by atoms with Crippen LogP contribution in [0.1, 0.15) is 38.1 Å². The maximum Gasteiger partial charge on any atom is 0.332 e. The highest BCUT2D eigenvalue weighted by atomic mass is 32.2. The van der Waals surface area contributed by atoms with Crippen LogP contribution in [0.15, 0.2) is 5.16 Å². The van der Waals surface area contributed by atoms with Gasteiger partial charge in [-0.2, -0.15) is 0 Å². The van der Waals surface area contributed by atoms with Crippen LogP contribution in [0.3, 0.4) is 0 Å². The fourth-order valence-corrected chi connectivity index (χ4v) is 2.89. The van der Waals surface area contributed by atoms with Gasteiger partial charge in [-0.3, -0.25) is 0 Å². The molecular formula is C11H18N4O4S. The van der Waals surface area contributed by atoms with E-state index < -0.39 is 21.8 Å². The number of hydrogen-bond acceptors (Lipinski definition) is 7. The summed E-state index contributed by atoms with van der Waals surface area (Å²) >= 11 is 0. The number of esters is 1. The fraction of sp³-hybridized carbons (Fsp3) is 0.818. The Morgan fingerprint density at radius 2 is 2.10 bits per heavy atom. The van der Waals surface area contributed by atoms with Gasteiger partial charge in [-0.05, 0) is 17.6 Å². The van der Waals surface area contributed by atoms with Crippen molar-refractivity contribution >= 4 is 15.8 Å². The van der Waals surface area contributed by atoms with Crippen LogP contribution in [0, 0.1) is 5.92 Å². The molecule has 112 valence electrons. The molecule has 0 spiro atoms. The normalized spacial score (nSPS) is 18.1. The van der Waals surface area contributed by atoms with E-state index >= 15 is 0 Å². The highest BCUT2D eigenvalue weighted by molar-refractivity contribution is 7.90. The summed E-state index contributed by atoms with van der Waals surface area (Å²) in [6.07, 6.45) is 5.96. The van der Waals surface area contributed by atoms with E-state index in [1.807, 2.05) is 0 Å². The molecule has 1 atom stereocenters. The van der Waals surface area contributed by atoms with Crippen LogP contribution in [-0.4, -0.2) is 48.0 Å². The van der Waals surface area contributed by atoms with Crippen molar-refractivity contribution in [3.8, 4) is 0 Å². The monoisotopic (exact) mass is 302 g/mol. The Hall–Kier alpha value is -1.51. The van der Waals surface area contributed by atoms with Gasteiger partial charge in [0.25, 0.3) is 5.16 Å². The van der Waals surface area contributed by atoms with Gasteiger partial charge in [-0.25, -0.2) is 13.2 Å². The first-order valence-electron chi connectivity index (χ1n) is 6.49. The van der Waals surface area contributed by atoms with Crippen molar-refractivity contribution in [2.75, 3.05) is 13.4 Å². The van der Waals surface area contributed by atoms with E-state index in [9.17, 15) is 13.2 Å². The van der Waals surface area contributed by atoms with Crippen molar-refractivity contribution < 1.29 is 17.9 Å². The number of aromatic nitrogens is 4. The van der Waals surface area contributed by atoms with Gasteiger partial charge < -0.3 is 4.74 Å². The van der Waals surface area contributed by atoms with Gasteiger partial charge >= 0.3 is 5.97 Å². The maximum atomic E-state index is 11.9. The molecule has 0 aliphatic heterocycles. The van der Waals surface area contributed by atoms with Crippen LogP contribution in [0.4, 0.5) is 0 Å². The van der Waals surface area contributed by atoms with Crippen molar-refractivity contribution in [3.63, 3.8) is 0 Å². The lowest BCUT2D eigenvalue weighted by molar-refractivity contribution is -0.146. The fourth-order valence-electron chi connectivity index (χ4n) is 2.47. The first-order valence-corrected chi connectivity index (χ1v) is 8.38. The molecule has 1 fully saturated rings. The Kier molecular flexibility index (Phi) is 4.36. The smallest absolute Gasteiger partial charge is 0.332 e. The van der Waals surface area contributed by atoms with E-state index in [0.717, 1.165) is 36.7 Å².